The predicted molar refractivity (Wildman–Crippen MR) is 105 cm³/mol. The molecular formula is C21H28N2O3. The zero-order valence-electron chi connectivity index (χ0n) is 16.0. The van der Waals surface area contributed by atoms with E-state index in [4.69, 9.17) is 9.47 Å². The van der Waals surface area contributed by atoms with Gasteiger partial charge in [0.1, 0.15) is 0 Å². The van der Waals surface area contributed by atoms with Crippen LogP contribution in [0, 0.1) is 0 Å². The van der Waals surface area contributed by atoms with Crippen LogP contribution in [0.4, 0.5) is 5.69 Å². The molecule has 0 aliphatic carbocycles. The minimum atomic E-state index is -0.282. The molecule has 2 aromatic carbocycles. The van der Waals surface area contributed by atoms with Crippen molar-refractivity contribution in [2.24, 2.45) is 0 Å². The van der Waals surface area contributed by atoms with Crippen LogP contribution in [-0.4, -0.2) is 24.7 Å². The lowest BCUT2D eigenvalue weighted by Crippen LogP contribution is -2.43. The topological polar surface area (TPSA) is 59.6 Å². The third-order valence-electron chi connectivity index (χ3n) is 3.45. The van der Waals surface area contributed by atoms with Crippen LogP contribution in [0.15, 0.2) is 48.5 Å². The number of carbonyl (C=O) groups excluding carboxylic acids is 1. The molecule has 0 heterocycles. The van der Waals surface area contributed by atoms with E-state index in [0.29, 0.717) is 24.7 Å². The van der Waals surface area contributed by atoms with Gasteiger partial charge in [-0.2, -0.15) is 0 Å². The number of carbonyl (C=O) groups is 1. The maximum absolute atomic E-state index is 11.9. The van der Waals surface area contributed by atoms with E-state index in [9.17, 15) is 4.79 Å². The quantitative estimate of drug-likeness (QED) is 0.751. The van der Waals surface area contributed by atoms with Crippen molar-refractivity contribution < 1.29 is 14.3 Å². The molecule has 5 nitrogen and oxygen atoms in total. The van der Waals surface area contributed by atoms with Crippen LogP contribution in [0.5, 0.6) is 11.5 Å². The van der Waals surface area contributed by atoms with E-state index in [1.54, 1.807) is 0 Å². The molecule has 0 unspecified atom stereocenters. The van der Waals surface area contributed by atoms with E-state index in [1.807, 2.05) is 76.2 Å². The molecule has 0 aliphatic heterocycles. The Balaban J connectivity index is 1.99. The fraction of sp³-hybridized carbons (Fsp3) is 0.381. The number of ether oxygens (including phenoxy) is 2. The third-order valence-corrected chi connectivity index (χ3v) is 3.45. The summed E-state index contributed by atoms with van der Waals surface area (Å²) in [5.74, 6) is 1.05. The van der Waals surface area contributed by atoms with Crippen molar-refractivity contribution in [3.05, 3.63) is 54.1 Å². The zero-order chi connectivity index (χ0) is 19.0. The fourth-order valence-corrected chi connectivity index (χ4v) is 2.41. The molecule has 2 aromatic rings. The summed E-state index contributed by atoms with van der Waals surface area (Å²) in [5, 5.41) is 6.24. The van der Waals surface area contributed by atoms with Gasteiger partial charge in [0.05, 0.1) is 6.61 Å². The standard InChI is InChI=1S/C21H28N2O3/c1-5-25-19-13-16(14-22-17-9-7-6-8-10-17)11-12-18(19)26-15-20(24)23-21(2,3)4/h6-13,22H,5,14-15H2,1-4H3,(H,23,24). The largest absolute Gasteiger partial charge is 0.490 e. The van der Waals surface area contributed by atoms with Crippen LogP contribution in [0.2, 0.25) is 0 Å². The molecule has 0 atom stereocenters. The highest BCUT2D eigenvalue weighted by Crippen LogP contribution is 2.29. The molecule has 5 heteroatoms. The first kappa shape index (κ1) is 19.6. The summed E-state index contributed by atoms with van der Waals surface area (Å²) in [7, 11) is 0. The van der Waals surface area contributed by atoms with Crippen LogP contribution in [0.1, 0.15) is 33.3 Å². The van der Waals surface area contributed by atoms with E-state index in [1.165, 1.54) is 0 Å². The van der Waals surface area contributed by atoms with Gasteiger partial charge in [-0.15, -0.1) is 0 Å². The van der Waals surface area contributed by atoms with Gasteiger partial charge < -0.3 is 20.1 Å². The van der Waals surface area contributed by atoms with E-state index in [-0.39, 0.29) is 18.1 Å². The van der Waals surface area contributed by atoms with Gasteiger partial charge in [0.25, 0.3) is 5.91 Å². The minimum absolute atomic E-state index is 0.0427. The van der Waals surface area contributed by atoms with Crippen LogP contribution >= 0.6 is 0 Å². The first-order valence-electron chi connectivity index (χ1n) is 8.86. The second-order valence-electron chi connectivity index (χ2n) is 7.02. The Hall–Kier alpha value is -2.69. The maximum atomic E-state index is 11.9. The summed E-state index contributed by atoms with van der Waals surface area (Å²) in [6, 6.07) is 15.8. The van der Waals surface area contributed by atoms with Gasteiger partial charge in [-0.3, -0.25) is 4.79 Å². The first-order valence-corrected chi connectivity index (χ1v) is 8.86. The average Bonchev–Trinajstić information content (AvgIpc) is 2.59. The number of rotatable bonds is 8. The molecule has 0 aliphatic rings. The van der Waals surface area contributed by atoms with Gasteiger partial charge in [-0.05, 0) is 57.5 Å². The number of amides is 1. The highest BCUT2D eigenvalue weighted by molar-refractivity contribution is 5.78. The van der Waals surface area contributed by atoms with Gasteiger partial charge >= 0.3 is 0 Å². The summed E-state index contributed by atoms with van der Waals surface area (Å²) >= 11 is 0. The summed E-state index contributed by atoms with van der Waals surface area (Å²) in [5.41, 5.74) is 1.85. The lowest BCUT2D eigenvalue weighted by molar-refractivity contribution is -0.124. The molecule has 140 valence electrons. The van der Waals surface area contributed by atoms with Crippen LogP contribution in [-0.2, 0) is 11.3 Å². The van der Waals surface area contributed by atoms with Gasteiger partial charge in [0.15, 0.2) is 18.1 Å². The van der Waals surface area contributed by atoms with E-state index < -0.39 is 0 Å². The molecule has 0 fully saturated rings. The number of benzene rings is 2. The van der Waals surface area contributed by atoms with Crippen molar-refractivity contribution >= 4 is 11.6 Å². The fourth-order valence-electron chi connectivity index (χ4n) is 2.41. The van der Waals surface area contributed by atoms with Crippen molar-refractivity contribution in [2.45, 2.75) is 39.8 Å². The Morgan fingerprint density at radius 1 is 1.00 bits per heavy atom. The smallest absolute Gasteiger partial charge is 0.258 e. The normalized spacial score (nSPS) is 10.9. The molecule has 2 rings (SSSR count). The maximum Gasteiger partial charge on any atom is 0.258 e. The Bertz CT molecular complexity index is 709. The van der Waals surface area contributed by atoms with Gasteiger partial charge in [0, 0.05) is 17.8 Å². The second-order valence-corrected chi connectivity index (χ2v) is 7.02. The van der Waals surface area contributed by atoms with Crippen molar-refractivity contribution in [3.63, 3.8) is 0 Å². The molecule has 0 spiro atoms. The SMILES string of the molecule is CCOc1cc(CNc2ccccc2)ccc1OCC(=O)NC(C)(C)C. The van der Waals surface area contributed by atoms with Gasteiger partial charge in [-0.25, -0.2) is 0 Å². The number of hydrogen-bond acceptors (Lipinski definition) is 4. The van der Waals surface area contributed by atoms with Crippen molar-refractivity contribution in [3.8, 4) is 11.5 Å². The van der Waals surface area contributed by atoms with Crippen molar-refractivity contribution in [1.29, 1.82) is 0 Å². The molecular weight excluding hydrogens is 328 g/mol. The van der Waals surface area contributed by atoms with Crippen LogP contribution < -0.4 is 20.1 Å². The second kappa shape index (κ2) is 9.13. The number of anilines is 1. The molecule has 2 N–H and O–H groups in total. The Labute approximate surface area is 155 Å². The molecule has 0 saturated heterocycles. The zero-order valence-corrected chi connectivity index (χ0v) is 16.0. The summed E-state index contributed by atoms with van der Waals surface area (Å²) in [6.07, 6.45) is 0. The van der Waals surface area contributed by atoms with E-state index in [0.717, 1.165) is 11.3 Å². The van der Waals surface area contributed by atoms with Crippen molar-refractivity contribution in [2.75, 3.05) is 18.5 Å². The number of para-hydroxylation sites is 1. The highest BCUT2D eigenvalue weighted by Gasteiger charge is 2.15. The number of nitrogens with one attached hydrogen (secondary N) is 2. The minimum Gasteiger partial charge on any atom is -0.490 e. The molecule has 0 bridgehead atoms. The van der Waals surface area contributed by atoms with Gasteiger partial charge in [0.2, 0.25) is 0 Å². The lowest BCUT2D eigenvalue weighted by Gasteiger charge is -2.21. The van der Waals surface area contributed by atoms with Crippen LogP contribution in [0.3, 0.4) is 0 Å². The van der Waals surface area contributed by atoms with E-state index in [2.05, 4.69) is 10.6 Å². The predicted octanol–water partition coefficient (Wildman–Crippen LogP) is 3.99. The van der Waals surface area contributed by atoms with Gasteiger partial charge in [-0.1, -0.05) is 24.3 Å². The highest BCUT2D eigenvalue weighted by atomic mass is 16.5. The lowest BCUT2D eigenvalue weighted by atomic mass is 10.1. The summed E-state index contributed by atoms with van der Waals surface area (Å²) in [6.45, 7) is 8.89. The summed E-state index contributed by atoms with van der Waals surface area (Å²) in [4.78, 5) is 11.9. The molecule has 26 heavy (non-hydrogen) atoms. The van der Waals surface area contributed by atoms with Crippen molar-refractivity contribution in [1.82, 2.24) is 5.32 Å². The first-order chi connectivity index (χ1) is 12.4. The molecule has 0 aromatic heterocycles. The Morgan fingerprint density at radius 3 is 2.38 bits per heavy atom. The van der Waals surface area contributed by atoms with E-state index >= 15 is 0 Å². The molecule has 0 saturated carbocycles. The third kappa shape index (κ3) is 6.67. The average molecular weight is 356 g/mol. The monoisotopic (exact) mass is 356 g/mol. The van der Waals surface area contributed by atoms with Crippen LogP contribution in [0.25, 0.3) is 0 Å². The Kier molecular flexibility index (Phi) is 6.89. The molecule has 1 amide bonds. The summed E-state index contributed by atoms with van der Waals surface area (Å²) < 4.78 is 11.3. The number of hydrogen-bond donors (Lipinski definition) is 2. The Morgan fingerprint density at radius 2 is 1.73 bits per heavy atom. The molecule has 0 radical (unpaired) electrons.